The Morgan fingerprint density at radius 1 is 1.48 bits per heavy atom. The molecule has 0 atom stereocenters. The van der Waals surface area contributed by atoms with Crippen LogP contribution >= 0.6 is 0 Å². The van der Waals surface area contributed by atoms with Crippen molar-refractivity contribution in [3.8, 4) is 0 Å². The van der Waals surface area contributed by atoms with Gasteiger partial charge < -0.3 is 11.1 Å². The van der Waals surface area contributed by atoms with Crippen LogP contribution in [0.15, 0.2) is 18.2 Å². The van der Waals surface area contributed by atoms with Gasteiger partial charge in [0.05, 0.1) is 17.2 Å². The smallest absolute Gasteiger partial charge is 0.271 e. The summed E-state index contributed by atoms with van der Waals surface area (Å²) in [5, 5.41) is 13.0. The molecule has 0 spiro atoms. The van der Waals surface area contributed by atoms with Crippen molar-refractivity contribution in [2.24, 2.45) is 5.73 Å². The van der Waals surface area contributed by atoms with Crippen molar-refractivity contribution in [1.82, 2.24) is 4.90 Å². The largest absolute Gasteiger partial charge is 0.328 e. The van der Waals surface area contributed by atoms with Gasteiger partial charge in [0, 0.05) is 31.3 Å². The van der Waals surface area contributed by atoms with Gasteiger partial charge in [0.15, 0.2) is 0 Å². The number of nitrogens with two attached hydrogens (primary N) is 1. The summed E-state index contributed by atoms with van der Waals surface area (Å²) in [7, 11) is 0. The van der Waals surface area contributed by atoms with Gasteiger partial charge in [-0.2, -0.15) is 0 Å². The number of hydrogen-bond donors (Lipinski definition) is 2. The number of carbonyl (C=O) groups excluding carboxylic acids is 1. The number of nitro benzene ring substituents is 1. The molecule has 1 aliphatic heterocycles. The quantitative estimate of drug-likeness (QED) is 0.640. The minimum Gasteiger partial charge on any atom is -0.328 e. The average Bonchev–Trinajstić information content (AvgIpc) is 2.43. The van der Waals surface area contributed by atoms with Gasteiger partial charge in [-0.1, -0.05) is 0 Å². The van der Waals surface area contributed by atoms with Crippen LogP contribution in [0.2, 0.25) is 0 Å². The molecule has 0 saturated carbocycles. The van der Waals surface area contributed by atoms with Gasteiger partial charge in [-0.05, 0) is 18.9 Å². The van der Waals surface area contributed by atoms with Gasteiger partial charge in [-0.3, -0.25) is 19.8 Å². The molecule has 21 heavy (non-hydrogen) atoms. The zero-order valence-corrected chi connectivity index (χ0v) is 11.4. The molecule has 1 aromatic carbocycles. The standard InChI is InChI=1S/C13H17FN4O3/c14-11-2-1-10(18(20)21)7-12(11)16-13(19)8-17-5-3-9(15)4-6-17/h1-2,7,9H,3-6,8,15H2,(H,16,19). The zero-order chi connectivity index (χ0) is 15.4. The summed E-state index contributed by atoms with van der Waals surface area (Å²) in [5.74, 6) is -1.10. The molecule has 3 N–H and O–H groups in total. The fourth-order valence-electron chi connectivity index (χ4n) is 2.23. The highest BCUT2D eigenvalue weighted by Crippen LogP contribution is 2.21. The Kier molecular flexibility index (Phi) is 4.81. The minimum absolute atomic E-state index is 0.120. The first-order chi connectivity index (χ1) is 9.95. The molecule has 0 aromatic heterocycles. The molecule has 1 aliphatic rings. The molecule has 114 valence electrons. The zero-order valence-electron chi connectivity index (χ0n) is 11.4. The number of piperidine rings is 1. The summed E-state index contributed by atoms with van der Waals surface area (Å²) in [4.78, 5) is 23.8. The number of benzene rings is 1. The summed E-state index contributed by atoms with van der Waals surface area (Å²) in [5.41, 5.74) is 5.33. The predicted octanol–water partition coefficient (Wildman–Crippen LogP) is 1.10. The summed E-state index contributed by atoms with van der Waals surface area (Å²) in [6.45, 7) is 1.55. The Morgan fingerprint density at radius 2 is 2.14 bits per heavy atom. The van der Waals surface area contributed by atoms with Crippen molar-refractivity contribution in [2.45, 2.75) is 18.9 Å². The third kappa shape index (κ3) is 4.20. The van der Waals surface area contributed by atoms with Gasteiger partial charge in [-0.25, -0.2) is 4.39 Å². The third-order valence-corrected chi connectivity index (χ3v) is 3.43. The maximum atomic E-state index is 13.6. The van der Waals surface area contributed by atoms with Gasteiger partial charge in [-0.15, -0.1) is 0 Å². The number of likely N-dealkylation sites (tertiary alicyclic amines) is 1. The van der Waals surface area contributed by atoms with Crippen LogP contribution < -0.4 is 11.1 Å². The van der Waals surface area contributed by atoms with E-state index in [1.165, 1.54) is 0 Å². The highest BCUT2D eigenvalue weighted by molar-refractivity contribution is 5.92. The van der Waals surface area contributed by atoms with Gasteiger partial charge in [0.2, 0.25) is 5.91 Å². The number of halogens is 1. The van der Waals surface area contributed by atoms with E-state index in [4.69, 9.17) is 5.73 Å². The molecule has 1 fully saturated rings. The van der Waals surface area contributed by atoms with E-state index in [0.717, 1.165) is 31.0 Å². The number of anilines is 1. The number of nitrogens with zero attached hydrogens (tertiary/aromatic N) is 2. The average molecular weight is 296 g/mol. The first-order valence-corrected chi connectivity index (χ1v) is 6.67. The van der Waals surface area contributed by atoms with E-state index in [-0.39, 0.29) is 24.0 Å². The number of nitro groups is 1. The Hall–Kier alpha value is -2.06. The number of non-ortho nitro benzene ring substituents is 1. The topological polar surface area (TPSA) is 102 Å². The molecule has 0 radical (unpaired) electrons. The second-order valence-corrected chi connectivity index (χ2v) is 5.08. The van der Waals surface area contributed by atoms with Crippen molar-refractivity contribution in [1.29, 1.82) is 0 Å². The first kappa shape index (κ1) is 15.3. The van der Waals surface area contributed by atoms with Crippen molar-refractivity contribution in [3.05, 3.63) is 34.1 Å². The molecular weight excluding hydrogens is 279 g/mol. The second kappa shape index (κ2) is 6.59. The van der Waals surface area contributed by atoms with Crippen LogP contribution in [0.4, 0.5) is 15.8 Å². The van der Waals surface area contributed by atoms with Crippen LogP contribution in [-0.4, -0.2) is 41.4 Å². The Balaban J connectivity index is 1.96. The molecule has 7 nitrogen and oxygen atoms in total. The van der Waals surface area contributed by atoms with Crippen molar-refractivity contribution >= 4 is 17.3 Å². The normalized spacial score (nSPS) is 16.7. The maximum absolute atomic E-state index is 13.6. The molecule has 2 rings (SSSR count). The molecular formula is C13H17FN4O3. The Morgan fingerprint density at radius 3 is 2.76 bits per heavy atom. The lowest BCUT2D eigenvalue weighted by atomic mass is 10.1. The summed E-state index contributed by atoms with van der Waals surface area (Å²) >= 11 is 0. The van der Waals surface area contributed by atoms with Crippen LogP contribution in [0.1, 0.15) is 12.8 Å². The first-order valence-electron chi connectivity index (χ1n) is 6.67. The molecule has 0 aliphatic carbocycles. The van der Waals surface area contributed by atoms with Crippen molar-refractivity contribution in [3.63, 3.8) is 0 Å². The second-order valence-electron chi connectivity index (χ2n) is 5.08. The fourth-order valence-corrected chi connectivity index (χ4v) is 2.23. The van der Waals surface area contributed by atoms with E-state index < -0.39 is 16.6 Å². The lowest BCUT2D eigenvalue weighted by molar-refractivity contribution is -0.384. The van der Waals surface area contributed by atoms with Gasteiger partial charge in [0.1, 0.15) is 5.82 Å². The van der Waals surface area contributed by atoms with E-state index >= 15 is 0 Å². The van der Waals surface area contributed by atoms with E-state index in [1.807, 2.05) is 4.90 Å². The highest BCUT2D eigenvalue weighted by atomic mass is 19.1. The summed E-state index contributed by atoms with van der Waals surface area (Å²) in [6.07, 6.45) is 1.64. The Labute approximate surface area is 121 Å². The fraction of sp³-hybridized carbons (Fsp3) is 0.462. The molecule has 1 saturated heterocycles. The summed E-state index contributed by atoms with van der Waals surface area (Å²) in [6, 6.07) is 3.20. The number of carbonyl (C=O) groups is 1. The van der Waals surface area contributed by atoms with Crippen molar-refractivity contribution in [2.75, 3.05) is 25.0 Å². The van der Waals surface area contributed by atoms with Gasteiger partial charge >= 0.3 is 0 Å². The van der Waals surface area contributed by atoms with Crippen LogP contribution in [-0.2, 0) is 4.79 Å². The van der Waals surface area contributed by atoms with Crippen molar-refractivity contribution < 1.29 is 14.1 Å². The van der Waals surface area contributed by atoms with Crippen LogP contribution in [0, 0.1) is 15.9 Å². The highest BCUT2D eigenvalue weighted by Gasteiger charge is 2.19. The number of nitrogens with one attached hydrogen (secondary N) is 1. The third-order valence-electron chi connectivity index (χ3n) is 3.43. The predicted molar refractivity (Wildman–Crippen MR) is 75.3 cm³/mol. The molecule has 0 bridgehead atoms. The molecule has 8 heteroatoms. The Bertz CT molecular complexity index is 544. The van der Waals surface area contributed by atoms with Gasteiger partial charge in [0.25, 0.3) is 5.69 Å². The van der Waals surface area contributed by atoms with Crippen LogP contribution in [0.5, 0.6) is 0 Å². The van der Waals surface area contributed by atoms with Crippen LogP contribution in [0.3, 0.4) is 0 Å². The number of rotatable bonds is 4. The lowest BCUT2D eigenvalue weighted by Gasteiger charge is -2.29. The molecule has 1 aromatic rings. The molecule has 0 unspecified atom stereocenters. The monoisotopic (exact) mass is 296 g/mol. The van der Waals surface area contributed by atoms with E-state index in [2.05, 4.69) is 5.32 Å². The number of hydrogen-bond acceptors (Lipinski definition) is 5. The molecule has 1 heterocycles. The SMILES string of the molecule is NC1CCN(CC(=O)Nc2cc([N+](=O)[O-])ccc2F)CC1. The lowest BCUT2D eigenvalue weighted by Crippen LogP contribution is -2.43. The summed E-state index contributed by atoms with van der Waals surface area (Å²) < 4.78 is 13.6. The van der Waals surface area contributed by atoms with E-state index in [0.29, 0.717) is 13.1 Å². The molecule has 1 amide bonds. The minimum atomic E-state index is -0.699. The van der Waals surface area contributed by atoms with Crippen LogP contribution in [0.25, 0.3) is 0 Å². The maximum Gasteiger partial charge on any atom is 0.271 e. The van der Waals surface area contributed by atoms with E-state index in [9.17, 15) is 19.3 Å². The number of amides is 1. The van der Waals surface area contributed by atoms with E-state index in [1.54, 1.807) is 0 Å².